The molecule has 0 radical (unpaired) electrons. The van der Waals surface area contributed by atoms with Crippen molar-refractivity contribution in [3.05, 3.63) is 40.3 Å². The Kier molecular flexibility index (Phi) is 2.79. The number of nitrogens with zero attached hydrogens (tertiary/aromatic N) is 3. The summed E-state index contributed by atoms with van der Waals surface area (Å²) in [6, 6.07) is 3.69. The number of carbonyl (C=O) groups excluding carboxylic acids is 1. The van der Waals surface area contributed by atoms with Crippen LogP contribution in [0, 0.1) is 6.92 Å². The summed E-state index contributed by atoms with van der Waals surface area (Å²) in [6.45, 7) is 1.93. The van der Waals surface area contributed by atoms with Crippen LogP contribution in [0.1, 0.15) is 16.1 Å². The fourth-order valence-electron chi connectivity index (χ4n) is 1.97. The molecule has 6 heteroatoms. The largest absolute Gasteiger partial charge is 0.321 e. The van der Waals surface area contributed by atoms with Gasteiger partial charge in [-0.3, -0.25) is 9.48 Å². The average Bonchev–Trinajstić information content (AvgIpc) is 2.99. The van der Waals surface area contributed by atoms with Crippen molar-refractivity contribution < 1.29 is 4.79 Å². The molecule has 3 rings (SSSR count). The molecule has 96 valence electrons. The number of aryl methyl sites for hydroxylation is 2. The van der Waals surface area contributed by atoms with Crippen LogP contribution in [0.4, 0.5) is 5.69 Å². The number of amides is 1. The highest BCUT2D eigenvalue weighted by Crippen LogP contribution is 2.20. The first-order valence-electron chi connectivity index (χ1n) is 5.78. The van der Waals surface area contributed by atoms with E-state index in [-0.39, 0.29) is 5.91 Å². The molecule has 0 saturated carbocycles. The van der Waals surface area contributed by atoms with E-state index in [1.165, 1.54) is 11.3 Å². The number of carbonyl (C=O) groups is 1. The maximum atomic E-state index is 11.9. The third-order valence-corrected chi connectivity index (χ3v) is 3.59. The Bertz CT molecular complexity index is 745. The molecule has 0 aliphatic heterocycles. The first-order chi connectivity index (χ1) is 9.15. The average molecular weight is 272 g/mol. The molecule has 3 heterocycles. The summed E-state index contributed by atoms with van der Waals surface area (Å²) in [6.07, 6.45) is 1.65. The van der Waals surface area contributed by atoms with E-state index in [4.69, 9.17) is 0 Å². The lowest BCUT2D eigenvalue weighted by Gasteiger charge is -2.03. The van der Waals surface area contributed by atoms with E-state index in [9.17, 15) is 4.79 Å². The summed E-state index contributed by atoms with van der Waals surface area (Å²) < 4.78 is 1.73. The van der Waals surface area contributed by atoms with Crippen molar-refractivity contribution in [1.29, 1.82) is 0 Å². The standard InChI is InChI=1S/C13H12N4OS/c1-8-11-5-10(6-14-12(11)17(2)16-8)15-13(18)9-3-4-19-7-9/h3-7H,1-2H3,(H,15,18). The molecule has 1 amide bonds. The summed E-state index contributed by atoms with van der Waals surface area (Å²) >= 11 is 1.50. The van der Waals surface area contributed by atoms with Gasteiger partial charge in [0.05, 0.1) is 23.1 Å². The molecule has 0 aliphatic rings. The van der Waals surface area contributed by atoms with Crippen LogP contribution in [0.3, 0.4) is 0 Å². The highest BCUT2D eigenvalue weighted by molar-refractivity contribution is 7.08. The Labute approximate surface area is 113 Å². The number of fused-ring (bicyclic) bond motifs is 1. The summed E-state index contributed by atoms with van der Waals surface area (Å²) in [5.41, 5.74) is 3.05. The minimum Gasteiger partial charge on any atom is -0.321 e. The van der Waals surface area contributed by atoms with Crippen molar-refractivity contribution in [3.8, 4) is 0 Å². The molecule has 0 aliphatic carbocycles. The zero-order valence-corrected chi connectivity index (χ0v) is 11.4. The molecule has 0 fully saturated rings. The third-order valence-electron chi connectivity index (χ3n) is 2.90. The maximum Gasteiger partial charge on any atom is 0.256 e. The van der Waals surface area contributed by atoms with Crippen LogP contribution in [0.25, 0.3) is 11.0 Å². The second kappa shape index (κ2) is 4.47. The third kappa shape index (κ3) is 2.10. The van der Waals surface area contributed by atoms with Crippen molar-refractivity contribution in [1.82, 2.24) is 14.8 Å². The summed E-state index contributed by atoms with van der Waals surface area (Å²) in [7, 11) is 1.85. The molecule has 0 saturated heterocycles. The number of thiophene rings is 1. The van der Waals surface area contributed by atoms with E-state index in [1.807, 2.05) is 30.8 Å². The number of hydrogen-bond donors (Lipinski definition) is 1. The Morgan fingerprint density at radius 1 is 1.47 bits per heavy atom. The molecule has 1 N–H and O–H groups in total. The maximum absolute atomic E-state index is 11.9. The van der Waals surface area contributed by atoms with Gasteiger partial charge in [0.1, 0.15) is 0 Å². The van der Waals surface area contributed by atoms with Crippen LogP contribution in [0.15, 0.2) is 29.1 Å². The van der Waals surface area contributed by atoms with E-state index in [0.29, 0.717) is 11.3 Å². The van der Waals surface area contributed by atoms with Gasteiger partial charge in [0.15, 0.2) is 5.65 Å². The predicted molar refractivity (Wildman–Crippen MR) is 75.5 cm³/mol. The van der Waals surface area contributed by atoms with E-state index in [0.717, 1.165) is 16.7 Å². The van der Waals surface area contributed by atoms with Crippen molar-refractivity contribution in [3.63, 3.8) is 0 Å². The normalized spacial score (nSPS) is 10.8. The van der Waals surface area contributed by atoms with Gasteiger partial charge >= 0.3 is 0 Å². The minimum absolute atomic E-state index is 0.121. The van der Waals surface area contributed by atoms with Gasteiger partial charge in [0, 0.05) is 17.8 Å². The number of pyridine rings is 1. The molecule has 19 heavy (non-hydrogen) atoms. The minimum atomic E-state index is -0.121. The zero-order valence-electron chi connectivity index (χ0n) is 10.5. The summed E-state index contributed by atoms with van der Waals surface area (Å²) in [5, 5.41) is 11.8. The van der Waals surface area contributed by atoms with Crippen molar-refractivity contribution in [2.24, 2.45) is 7.05 Å². The van der Waals surface area contributed by atoms with Crippen LogP contribution in [-0.2, 0) is 7.05 Å². The number of anilines is 1. The van der Waals surface area contributed by atoms with Crippen LogP contribution >= 0.6 is 11.3 Å². The molecule has 3 aromatic heterocycles. The van der Waals surface area contributed by atoms with Crippen molar-refractivity contribution >= 4 is 34.0 Å². The Morgan fingerprint density at radius 2 is 2.32 bits per heavy atom. The second-order valence-corrected chi connectivity index (χ2v) is 5.05. The van der Waals surface area contributed by atoms with Crippen LogP contribution in [0.5, 0.6) is 0 Å². The topological polar surface area (TPSA) is 59.8 Å². The number of nitrogens with one attached hydrogen (secondary N) is 1. The lowest BCUT2D eigenvalue weighted by atomic mass is 10.2. The molecular formula is C13H12N4OS. The van der Waals surface area contributed by atoms with Crippen LogP contribution < -0.4 is 5.32 Å². The lowest BCUT2D eigenvalue weighted by Crippen LogP contribution is -2.10. The Balaban J connectivity index is 1.94. The number of aromatic nitrogens is 3. The molecule has 0 bridgehead atoms. The van der Waals surface area contributed by atoms with Gasteiger partial charge in [-0.25, -0.2) is 4.98 Å². The van der Waals surface area contributed by atoms with Gasteiger partial charge in [0.2, 0.25) is 0 Å². The van der Waals surface area contributed by atoms with Gasteiger partial charge in [-0.05, 0) is 24.4 Å². The van der Waals surface area contributed by atoms with Crippen molar-refractivity contribution in [2.75, 3.05) is 5.32 Å². The molecule has 0 spiro atoms. The first-order valence-corrected chi connectivity index (χ1v) is 6.72. The predicted octanol–water partition coefficient (Wildman–Crippen LogP) is 2.59. The molecule has 3 aromatic rings. The number of rotatable bonds is 2. The zero-order chi connectivity index (χ0) is 13.4. The highest BCUT2D eigenvalue weighted by Gasteiger charge is 2.10. The van der Waals surface area contributed by atoms with Gasteiger partial charge < -0.3 is 5.32 Å². The van der Waals surface area contributed by atoms with Gasteiger partial charge in [0.25, 0.3) is 5.91 Å². The molecule has 0 unspecified atom stereocenters. The number of hydrogen-bond acceptors (Lipinski definition) is 4. The molecule has 0 aromatic carbocycles. The molecular weight excluding hydrogens is 260 g/mol. The Morgan fingerprint density at radius 3 is 3.05 bits per heavy atom. The smallest absolute Gasteiger partial charge is 0.256 e. The summed E-state index contributed by atoms with van der Waals surface area (Å²) in [4.78, 5) is 16.3. The highest BCUT2D eigenvalue weighted by atomic mass is 32.1. The van der Waals surface area contributed by atoms with Gasteiger partial charge in [-0.1, -0.05) is 0 Å². The fraction of sp³-hybridized carbons (Fsp3) is 0.154. The van der Waals surface area contributed by atoms with Gasteiger partial charge in [-0.2, -0.15) is 16.4 Å². The first kappa shape index (κ1) is 11.9. The molecule has 0 atom stereocenters. The SMILES string of the molecule is Cc1nn(C)c2ncc(NC(=O)c3ccsc3)cc12. The van der Waals surface area contributed by atoms with Gasteiger partial charge in [-0.15, -0.1) is 0 Å². The van der Waals surface area contributed by atoms with Crippen LogP contribution in [0.2, 0.25) is 0 Å². The van der Waals surface area contributed by atoms with E-state index in [1.54, 1.807) is 16.9 Å². The second-order valence-electron chi connectivity index (χ2n) is 4.27. The van der Waals surface area contributed by atoms with E-state index in [2.05, 4.69) is 15.4 Å². The monoisotopic (exact) mass is 272 g/mol. The Hall–Kier alpha value is -2.21. The van der Waals surface area contributed by atoms with Crippen LogP contribution in [-0.4, -0.2) is 20.7 Å². The van der Waals surface area contributed by atoms with Crippen molar-refractivity contribution in [2.45, 2.75) is 6.92 Å². The summed E-state index contributed by atoms with van der Waals surface area (Å²) in [5.74, 6) is -0.121. The fourth-order valence-corrected chi connectivity index (χ4v) is 2.61. The van der Waals surface area contributed by atoms with E-state index < -0.39 is 0 Å². The quantitative estimate of drug-likeness (QED) is 0.780. The molecule has 5 nitrogen and oxygen atoms in total. The van der Waals surface area contributed by atoms with E-state index >= 15 is 0 Å². The lowest BCUT2D eigenvalue weighted by molar-refractivity contribution is 0.102.